The summed E-state index contributed by atoms with van der Waals surface area (Å²) in [5.41, 5.74) is 6.17. The first-order valence-electron chi connectivity index (χ1n) is 9.33. The first-order valence-corrected chi connectivity index (χ1v) is 9.33. The Morgan fingerprint density at radius 1 is 1.08 bits per heavy atom. The number of unbranched alkanes of at least 4 members (excludes halogenated alkanes) is 1. The van der Waals surface area contributed by atoms with E-state index in [1.807, 2.05) is 6.33 Å². The van der Waals surface area contributed by atoms with Gasteiger partial charge in [-0.1, -0.05) is 37.6 Å². The first kappa shape index (κ1) is 17.7. The molecule has 2 aromatic carbocycles. The van der Waals surface area contributed by atoms with Crippen LogP contribution in [0.5, 0.6) is 0 Å². The van der Waals surface area contributed by atoms with Crippen molar-refractivity contribution in [2.24, 2.45) is 0 Å². The Bertz CT molecular complexity index is 832. The summed E-state index contributed by atoms with van der Waals surface area (Å²) in [6.07, 6.45) is 4.44. The molecule has 3 heteroatoms. The number of rotatable bonds is 7. The van der Waals surface area contributed by atoms with E-state index in [0.717, 1.165) is 18.6 Å². The Labute approximate surface area is 151 Å². The number of hydrogen-bond donors (Lipinski definition) is 0. The van der Waals surface area contributed by atoms with Crippen LogP contribution in [0.3, 0.4) is 0 Å². The molecule has 0 aliphatic heterocycles. The van der Waals surface area contributed by atoms with Crippen LogP contribution in [0.1, 0.15) is 45.2 Å². The maximum Gasteiger partial charge on any atom is 0.0960 e. The Morgan fingerprint density at radius 3 is 2.64 bits per heavy atom. The molecule has 3 aromatic rings. The van der Waals surface area contributed by atoms with E-state index in [4.69, 9.17) is 0 Å². The molecule has 0 unspecified atom stereocenters. The van der Waals surface area contributed by atoms with Crippen LogP contribution in [0, 0.1) is 0 Å². The predicted octanol–water partition coefficient (Wildman–Crippen LogP) is 5.52. The summed E-state index contributed by atoms with van der Waals surface area (Å²) in [4.78, 5) is 6.92. The molecule has 0 bridgehead atoms. The maximum atomic E-state index is 4.52. The summed E-state index contributed by atoms with van der Waals surface area (Å²) in [5.74, 6) is 0. The van der Waals surface area contributed by atoms with Gasteiger partial charge in [-0.05, 0) is 68.8 Å². The van der Waals surface area contributed by atoms with E-state index in [2.05, 4.69) is 84.7 Å². The molecule has 132 valence electrons. The van der Waals surface area contributed by atoms with Crippen molar-refractivity contribution in [2.75, 3.05) is 13.6 Å². The molecule has 0 spiro atoms. The van der Waals surface area contributed by atoms with Crippen molar-refractivity contribution in [3.8, 4) is 11.1 Å². The van der Waals surface area contributed by atoms with E-state index < -0.39 is 0 Å². The van der Waals surface area contributed by atoms with Crippen LogP contribution in [-0.4, -0.2) is 28.0 Å². The van der Waals surface area contributed by atoms with Crippen molar-refractivity contribution in [3.63, 3.8) is 0 Å². The zero-order valence-corrected chi connectivity index (χ0v) is 15.9. The van der Waals surface area contributed by atoms with E-state index in [0.29, 0.717) is 6.04 Å². The SMILES string of the molecule is CCCCN(C)Cc1cccc(-c2ccc3ncn(C(C)C)c3c2)c1. The molecule has 0 N–H and O–H groups in total. The van der Waals surface area contributed by atoms with Crippen LogP contribution in [0.25, 0.3) is 22.2 Å². The van der Waals surface area contributed by atoms with E-state index in [-0.39, 0.29) is 0 Å². The van der Waals surface area contributed by atoms with Gasteiger partial charge in [0.1, 0.15) is 0 Å². The van der Waals surface area contributed by atoms with Crippen LogP contribution in [-0.2, 0) is 6.54 Å². The van der Waals surface area contributed by atoms with Crippen LogP contribution in [0.15, 0.2) is 48.8 Å². The lowest BCUT2D eigenvalue weighted by atomic mass is 10.0. The standard InChI is InChI=1S/C22H29N3/c1-5-6-12-24(4)15-18-8-7-9-19(13-18)20-10-11-21-22(14-20)25(16-23-21)17(2)3/h7-11,13-14,16-17H,5-6,12,15H2,1-4H3. The summed E-state index contributed by atoms with van der Waals surface area (Å²) in [5, 5.41) is 0. The van der Waals surface area contributed by atoms with Crippen LogP contribution < -0.4 is 0 Å². The fourth-order valence-electron chi connectivity index (χ4n) is 3.29. The van der Waals surface area contributed by atoms with Gasteiger partial charge in [0.2, 0.25) is 0 Å². The molecular formula is C22H29N3. The Morgan fingerprint density at radius 2 is 1.88 bits per heavy atom. The highest BCUT2D eigenvalue weighted by Crippen LogP contribution is 2.26. The highest BCUT2D eigenvalue weighted by atomic mass is 15.1. The number of aromatic nitrogens is 2. The fraction of sp³-hybridized carbons (Fsp3) is 0.409. The molecule has 0 aliphatic rings. The molecule has 25 heavy (non-hydrogen) atoms. The fourth-order valence-corrected chi connectivity index (χ4v) is 3.29. The van der Waals surface area contributed by atoms with Gasteiger partial charge in [0.05, 0.1) is 17.4 Å². The molecule has 0 fully saturated rings. The van der Waals surface area contributed by atoms with Crippen molar-refractivity contribution >= 4 is 11.0 Å². The molecule has 0 aliphatic carbocycles. The van der Waals surface area contributed by atoms with Crippen LogP contribution >= 0.6 is 0 Å². The molecular weight excluding hydrogens is 306 g/mol. The topological polar surface area (TPSA) is 21.1 Å². The number of imidazole rings is 1. The zero-order valence-electron chi connectivity index (χ0n) is 15.9. The lowest BCUT2D eigenvalue weighted by Gasteiger charge is -2.17. The monoisotopic (exact) mass is 335 g/mol. The molecule has 0 saturated heterocycles. The largest absolute Gasteiger partial charge is 0.328 e. The Hall–Kier alpha value is -2.13. The number of nitrogens with zero attached hydrogens (tertiary/aromatic N) is 3. The van der Waals surface area contributed by atoms with Gasteiger partial charge in [0, 0.05) is 12.6 Å². The van der Waals surface area contributed by atoms with Crippen molar-refractivity contribution in [1.82, 2.24) is 14.5 Å². The Kier molecular flexibility index (Phi) is 5.54. The number of benzene rings is 2. The summed E-state index contributed by atoms with van der Waals surface area (Å²) < 4.78 is 2.24. The van der Waals surface area contributed by atoms with Gasteiger partial charge in [-0.25, -0.2) is 4.98 Å². The normalized spacial score (nSPS) is 11.8. The first-order chi connectivity index (χ1) is 12.1. The summed E-state index contributed by atoms with van der Waals surface area (Å²) in [6.45, 7) is 8.79. The van der Waals surface area contributed by atoms with Crippen molar-refractivity contribution < 1.29 is 0 Å². The van der Waals surface area contributed by atoms with Crippen molar-refractivity contribution in [1.29, 1.82) is 0 Å². The van der Waals surface area contributed by atoms with Gasteiger partial charge in [0.25, 0.3) is 0 Å². The number of fused-ring (bicyclic) bond motifs is 1. The van der Waals surface area contributed by atoms with Crippen LogP contribution in [0.2, 0.25) is 0 Å². The Balaban J connectivity index is 1.87. The van der Waals surface area contributed by atoms with Gasteiger partial charge >= 0.3 is 0 Å². The van der Waals surface area contributed by atoms with Crippen LogP contribution in [0.4, 0.5) is 0 Å². The molecule has 0 atom stereocenters. The van der Waals surface area contributed by atoms with Crippen molar-refractivity contribution in [3.05, 3.63) is 54.4 Å². The van der Waals surface area contributed by atoms with E-state index in [1.54, 1.807) is 0 Å². The zero-order chi connectivity index (χ0) is 17.8. The lowest BCUT2D eigenvalue weighted by molar-refractivity contribution is 0.321. The predicted molar refractivity (Wildman–Crippen MR) is 107 cm³/mol. The van der Waals surface area contributed by atoms with Gasteiger partial charge < -0.3 is 9.47 Å². The van der Waals surface area contributed by atoms with Gasteiger partial charge in [-0.2, -0.15) is 0 Å². The summed E-state index contributed by atoms with van der Waals surface area (Å²) >= 11 is 0. The molecule has 1 aromatic heterocycles. The van der Waals surface area contributed by atoms with Gasteiger partial charge in [-0.15, -0.1) is 0 Å². The molecule has 0 saturated carbocycles. The molecule has 0 amide bonds. The molecule has 0 radical (unpaired) electrons. The lowest BCUT2D eigenvalue weighted by Crippen LogP contribution is -2.18. The minimum Gasteiger partial charge on any atom is -0.328 e. The summed E-state index contributed by atoms with van der Waals surface area (Å²) in [6, 6.07) is 15.9. The minimum atomic E-state index is 0.416. The maximum absolute atomic E-state index is 4.52. The second-order valence-electron chi connectivity index (χ2n) is 7.24. The van der Waals surface area contributed by atoms with Crippen molar-refractivity contribution in [2.45, 2.75) is 46.2 Å². The third kappa shape index (κ3) is 4.10. The second kappa shape index (κ2) is 7.83. The second-order valence-corrected chi connectivity index (χ2v) is 7.24. The van der Waals surface area contributed by atoms with E-state index in [9.17, 15) is 0 Å². The smallest absolute Gasteiger partial charge is 0.0960 e. The molecule has 3 rings (SSSR count). The van der Waals surface area contributed by atoms with Gasteiger partial charge in [-0.3, -0.25) is 0 Å². The molecule has 1 heterocycles. The highest BCUT2D eigenvalue weighted by molar-refractivity contribution is 5.82. The summed E-state index contributed by atoms with van der Waals surface area (Å²) in [7, 11) is 2.20. The minimum absolute atomic E-state index is 0.416. The number of hydrogen-bond acceptors (Lipinski definition) is 2. The van der Waals surface area contributed by atoms with E-state index in [1.165, 1.54) is 35.0 Å². The van der Waals surface area contributed by atoms with E-state index >= 15 is 0 Å². The highest BCUT2D eigenvalue weighted by Gasteiger charge is 2.08. The quantitative estimate of drug-likeness (QED) is 0.567. The van der Waals surface area contributed by atoms with Gasteiger partial charge in [0.15, 0.2) is 0 Å². The third-order valence-electron chi connectivity index (χ3n) is 4.74. The molecule has 3 nitrogen and oxygen atoms in total. The third-order valence-corrected chi connectivity index (χ3v) is 4.74. The average Bonchev–Trinajstić information content (AvgIpc) is 3.03. The average molecular weight is 335 g/mol.